The van der Waals surface area contributed by atoms with Gasteiger partial charge in [-0.05, 0) is 26.8 Å². The zero-order chi connectivity index (χ0) is 12.8. The fourth-order valence-corrected chi connectivity index (χ4v) is 2.11. The number of thiophene rings is 1. The van der Waals surface area contributed by atoms with Crippen molar-refractivity contribution in [1.29, 1.82) is 0 Å². The number of anilines is 1. The molecule has 0 aliphatic heterocycles. The van der Waals surface area contributed by atoms with Crippen LogP contribution in [0.1, 0.15) is 29.1 Å². The molecule has 6 heteroatoms. The zero-order valence-corrected chi connectivity index (χ0v) is 10.8. The van der Waals surface area contributed by atoms with Crippen LogP contribution in [0.4, 0.5) is 9.80 Å². The number of esters is 1. The normalized spacial score (nSPS) is 9.82. The van der Waals surface area contributed by atoms with Gasteiger partial charge in [-0.1, -0.05) is 0 Å². The van der Waals surface area contributed by atoms with E-state index < -0.39 is 12.1 Å². The summed E-state index contributed by atoms with van der Waals surface area (Å²) in [6.45, 7) is 5.88. The highest BCUT2D eigenvalue weighted by molar-refractivity contribution is 7.16. The van der Waals surface area contributed by atoms with Crippen molar-refractivity contribution in [1.82, 2.24) is 0 Å². The van der Waals surface area contributed by atoms with Gasteiger partial charge in [0, 0.05) is 4.88 Å². The fourth-order valence-electron chi connectivity index (χ4n) is 1.23. The molecule has 0 bridgehead atoms. The molecule has 17 heavy (non-hydrogen) atoms. The molecule has 1 aromatic rings. The van der Waals surface area contributed by atoms with E-state index in [-0.39, 0.29) is 6.61 Å². The minimum atomic E-state index is -0.570. The molecule has 1 amide bonds. The second kappa shape index (κ2) is 6.24. The molecule has 0 aliphatic rings. The van der Waals surface area contributed by atoms with E-state index in [1.165, 1.54) is 11.3 Å². The number of nitrogens with one attached hydrogen (secondary N) is 1. The van der Waals surface area contributed by atoms with Crippen LogP contribution in [0.2, 0.25) is 0 Å². The first-order chi connectivity index (χ1) is 8.08. The highest BCUT2D eigenvalue weighted by Gasteiger charge is 2.17. The minimum Gasteiger partial charge on any atom is -0.462 e. The average molecular weight is 257 g/mol. The van der Waals surface area contributed by atoms with E-state index in [1.54, 1.807) is 19.9 Å². The lowest BCUT2D eigenvalue weighted by molar-refractivity contribution is 0.0528. The summed E-state index contributed by atoms with van der Waals surface area (Å²) >= 11 is 1.31. The van der Waals surface area contributed by atoms with Gasteiger partial charge in [0.05, 0.1) is 18.8 Å². The number of aryl methyl sites for hydroxylation is 1. The predicted molar refractivity (Wildman–Crippen MR) is 65.7 cm³/mol. The van der Waals surface area contributed by atoms with Gasteiger partial charge in [0.25, 0.3) is 0 Å². The maximum atomic E-state index is 11.6. The van der Waals surface area contributed by atoms with Crippen molar-refractivity contribution in [3.63, 3.8) is 0 Å². The molecule has 1 rings (SSSR count). The van der Waals surface area contributed by atoms with Crippen LogP contribution in [-0.2, 0) is 9.47 Å². The van der Waals surface area contributed by atoms with Crippen LogP contribution in [0.3, 0.4) is 0 Å². The quantitative estimate of drug-likeness (QED) is 0.842. The molecule has 1 aromatic heterocycles. The standard InChI is InChI=1S/C11H15NO4S/c1-4-15-10(13)8-6-7(3)17-9(8)12-11(14)16-5-2/h6H,4-5H2,1-3H3,(H,12,14). The molecule has 0 saturated heterocycles. The lowest BCUT2D eigenvalue weighted by Crippen LogP contribution is -2.15. The smallest absolute Gasteiger partial charge is 0.412 e. The molecule has 0 fully saturated rings. The highest BCUT2D eigenvalue weighted by atomic mass is 32.1. The number of amides is 1. The maximum absolute atomic E-state index is 11.6. The van der Waals surface area contributed by atoms with Crippen LogP contribution < -0.4 is 5.32 Å². The summed E-state index contributed by atoms with van der Waals surface area (Å²) < 4.78 is 9.65. The summed E-state index contributed by atoms with van der Waals surface area (Å²) in [5, 5.41) is 2.99. The number of hydrogen-bond acceptors (Lipinski definition) is 5. The summed E-state index contributed by atoms with van der Waals surface area (Å²) in [6.07, 6.45) is -0.570. The topological polar surface area (TPSA) is 64.6 Å². The predicted octanol–water partition coefficient (Wildman–Crippen LogP) is 2.80. The van der Waals surface area contributed by atoms with Crippen LogP contribution in [0.25, 0.3) is 0 Å². The largest absolute Gasteiger partial charge is 0.462 e. The Morgan fingerprint density at radius 1 is 1.29 bits per heavy atom. The van der Waals surface area contributed by atoms with Gasteiger partial charge >= 0.3 is 12.1 Å². The van der Waals surface area contributed by atoms with Gasteiger partial charge in [-0.25, -0.2) is 9.59 Å². The number of hydrogen-bond donors (Lipinski definition) is 1. The van der Waals surface area contributed by atoms with Crippen molar-refractivity contribution >= 4 is 28.4 Å². The van der Waals surface area contributed by atoms with E-state index in [4.69, 9.17) is 9.47 Å². The SMILES string of the molecule is CCOC(=O)Nc1sc(C)cc1C(=O)OCC. The van der Waals surface area contributed by atoms with Crippen LogP contribution in [0, 0.1) is 6.92 Å². The van der Waals surface area contributed by atoms with E-state index in [0.717, 1.165) is 4.88 Å². The molecule has 0 unspecified atom stereocenters. The molecule has 0 spiro atoms. The van der Waals surface area contributed by atoms with Gasteiger partial charge in [-0.3, -0.25) is 5.32 Å². The fraction of sp³-hybridized carbons (Fsp3) is 0.455. The van der Waals surface area contributed by atoms with Gasteiger partial charge in [0.2, 0.25) is 0 Å². The summed E-state index contributed by atoms with van der Waals surface area (Å²) in [6, 6.07) is 1.68. The molecule has 0 radical (unpaired) electrons. The Morgan fingerprint density at radius 2 is 1.94 bits per heavy atom. The van der Waals surface area contributed by atoms with Gasteiger partial charge in [-0.15, -0.1) is 11.3 Å². The first-order valence-corrected chi connectivity index (χ1v) is 6.11. The van der Waals surface area contributed by atoms with Crippen LogP contribution in [0.5, 0.6) is 0 Å². The zero-order valence-electron chi connectivity index (χ0n) is 10.0. The first kappa shape index (κ1) is 13.5. The van der Waals surface area contributed by atoms with Crippen molar-refractivity contribution in [2.24, 2.45) is 0 Å². The van der Waals surface area contributed by atoms with Crippen molar-refractivity contribution in [3.8, 4) is 0 Å². The lowest BCUT2D eigenvalue weighted by atomic mass is 10.3. The summed E-state index contributed by atoms with van der Waals surface area (Å²) in [5.74, 6) is -0.441. The molecular weight excluding hydrogens is 242 g/mol. The molecule has 1 heterocycles. The van der Waals surface area contributed by atoms with Gasteiger partial charge in [-0.2, -0.15) is 0 Å². The van der Waals surface area contributed by atoms with Gasteiger partial charge in [0.1, 0.15) is 5.00 Å². The summed E-state index contributed by atoms with van der Waals surface area (Å²) in [7, 11) is 0. The number of ether oxygens (including phenoxy) is 2. The summed E-state index contributed by atoms with van der Waals surface area (Å²) in [4.78, 5) is 23.8. The monoisotopic (exact) mass is 257 g/mol. The Kier molecular flexibility index (Phi) is 4.96. The van der Waals surface area contributed by atoms with E-state index in [9.17, 15) is 9.59 Å². The van der Waals surface area contributed by atoms with Crippen molar-refractivity contribution in [2.75, 3.05) is 18.5 Å². The number of carbonyl (C=O) groups is 2. The van der Waals surface area contributed by atoms with E-state index in [0.29, 0.717) is 17.2 Å². The second-order valence-electron chi connectivity index (χ2n) is 3.17. The Labute approximate surface area is 104 Å². The van der Waals surface area contributed by atoms with Gasteiger partial charge in [0.15, 0.2) is 0 Å². The third-order valence-electron chi connectivity index (χ3n) is 1.84. The molecule has 0 saturated carbocycles. The Morgan fingerprint density at radius 3 is 2.53 bits per heavy atom. The van der Waals surface area contributed by atoms with E-state index in [2.05, 4.69) is 5.32 Å². The first-order valence-electron chi connectivity index (χ1n) is 5.29. The number of carbonyl (C=O) groups excluding carboxylic acids is 2. The van der Waals surface area contributed by atoms with E-state index >= 15 is 0 Å². The third kappa shape index (κ3) is 3.74. The molecule has 1 N–H and O–H groups in total. The molecule has 0 aliphatic carbocycles. The van der Waals surface area contributed by atoms with E-state index in [1.807, 2.05) is 6.92 Å². The lowest BCUT2D eigenvalue weighted by Gasteiger charge is -2.05. The van der Waals surface area contributed by atoms with Crippen molar-refractivity contribution in [2.45, 2.75) is 20.8 Å². The minimum absolute atomic E-state index is 0.283. The van der Waals surface area contributed by atoms with Crippen LogP contribution in [0.15, 0.2) is 6.07 Å². The Bertz CT molecular complexity index is 414. The van der Waals surface area contributed by atoms with Crippen LogP contribution >= 0.6 is 11.3 Å². The maximum Gasteiger partial charge on any atom is 0.412 e. The molecule has 0 atom stereocenters. The molecular formula is C11H15NO4S. The van der Waals surface area contributed by atoms with Gasteiger partial charge < -0.3 is 9.47 Å². The molecule has 5 nitrogen and oxygen atoms in total. The highest BCUT2D eigenvalue weighted by Crippen LogP contribution is 2.28. The molecule has 0 aromatic carbocycles. The van der Waals surface area contributed by atoms with Crippen LogP contribution in [-0.4, -0.2) is 25.3 Å². The Hall–Kier alpha value is -1.56. The average Bonchev–Trinajstić information content (AvgIpc) is 2.60. The van der Waals surface area contributed by atoms with Crippen molar-refractivity contribution < 1.29 is 19.1 Å². The summed E-state index contributed by atoms with van der Waals surface area (Å²) in [5.41, 5.74) is 0.363. The third-order valence-corrected chi connectivity index (χ3v) is 2.81. The Balaban J connectivity index is 2.84. The molecule has 94 valence electrons. The van der Waals surface area contributed by atoms with Crippen molar-refractivity contribution in [3.05, 3.63) is 16.5 Å². The second-order valence-corrected chi connectivity index (χ2v) is 4.42. The number of rotatable bonds is 4.